The molecule has 0 heterocycles. The molecule has 116 valence electrons. The molecule has 2 atom stereocenters. The van der Waals surface area contributed by atoms with Gasteiger partial charge in [0.1, 0.15) is 11.9 Å². The number of halogens is 1. The van der Waals surface area contributed by atoms with Crippen molar-refractivity contribution < 1.29 is 29.3 Å². The molecular formula is C14H18FNO5. The zero-order valence-electron chi connectivity index (χ0n) is 11.5. The molecule has 0 fully saturated rings. The molecule has 0 aliphatic rings. The predicted octanol–water partition coefficient (Wildman–Crippen LogP) is 0.373. The highest BCUT2D eigenvalue weighted by Crippen LogP contribution is 2.23. The minimum Gasteiger partial charge on any atom is -0.481 e. The molecule has 2 unspecified atom stereocenters. The molecule has 0 aromatic heterocycles. The monoisotopic (exact) mass is 299 g/mol. The Morgan fingerprint density at radius 3 is 2.52 bits per heavy atom. The molecule has 0 saturated heterocycles. The van der Waals surface area contributed by atoms with Gasteiger partial charge in [0.15, 0.2) is 0 Å². The van der Waals surface area contributed by atoms with Gasteiger partial charge in [0.25, 0.3) is 0 Å². The molecule has 0 saturated carbocycles. The van der Waals surface area contributed by atoms with Gasteiger partial charge >= 0.3 is 5.97 Å². The molecule has 0 bridgehead atoms. The lowest BCUT2D eigenvalue weighted by Gasteiger charge is -2.19. The first kappa shape index (κ1) is 17.1. The van der Waals surface area contributed by atoms with Crippen molar-refractivity contribution in [3.05, 3.63) is 35.1 Å². The molecule has 0 spiro atoms. The number of aliphatic hydroxyl groups is 2. The highest BCUT2D eigenvalue weighted by atomic mass is 19.1. The van der Waals surface area contributed by atoms with E-state index in [0.717, 1.165) is 6.07 Å². The zero-order valence-corrected chi connectivity index (χ0v) is 11.5. The Morgan fingerprint density at radius 2 is 2.00 bits per heavy atom. The summed E-state index contributed by atoms with van der Waals surface area (Å²) in [5.74, 6) is -2.13. The Morgan fingerprint density at radius 1 is 1.33 bits per heavy atom. The minimum absolute atomic E-state index is 0.0665. The number of amides is 1. The Hall–Kier alpha value is -1.99. The number of aliphatic carboxylic acids is 1. The van der Waals surface area contributed by atoms with Crippen molar-refractivity contribution in [2.24, 2.45) is 0 Å². The van der Waals surface area contributed by atoms with Gasteiger partial charge in [-0.15, -0.1) is 0 Å². The van der Waals surface area contributed by atoms with Crippen LogP contribution in [0.4, 0.5) is 4.39 Å². The van der Waals surface area contributed by atoms with Crippen molar-refractivity contribution >= 4 is 11.9 Å². The molecule has 0 radical (unpaired) electrons. The summed E-state index contributed by atoms with van der Waals surface area (Å²) in [6.45, 7) is 1.48. The fraction of sp³-hybridized carbons (Fsp3) is 0.429. The lowest BCUT2D eigenvalue weighted by atomic mass is 9.99. The Bertz CT molecular complexity index is 520. The summed E-state index contributed by atoms with van der Waals surface area (Å²) < 4.78 is 13.8. The summed E-state index contributed by atoms with van der Waals surface area (Å²) in [5, 5.41) is 30.7. The predicted molar refractivity (Wildman–Crippen MR) is 72.0 cm³/mol. The van der Waals surface area contributed by atoms with Crippen LogP contribution in [-0.2, 0) is 16.0 Å². The quantitative estimate of drug-likeness (QED) is 0.582. The lowest BCUT2D eigenvalue weighted by molar-refractivity contribution is -0.136. The number of nitrogens with one attached hydrogen (secondary N) is 1. The van der Waals surface area contributed by atoms with Crippen LogP contribution in [-0.4, -0.2) is 39.8 Å². The first-order valence-electron chi connectivity index (χ1n) is 6.42. The summed E-state index contributed by atoms with van der Waals surface area (Å²) in [6, 6.07) is 3.66. The number of carboxylic acid groups (broad SMARTS) is 1. The second-order valence-corrected chi connectivity index (χ2v) is 4.71. The minimum atomic E-state index is -1.45. The number of rotatable bonds is 7. The van der Waals surface area contributed by atoms with Gasteiger partial charge < -0.3 is 20.6 Å². The maximum absolute atomic E-state index is 13.8. The second kappa shape index (κ2) is 7.70. The van der Waals surface area contributed by atoms with Gasteiger partial charge in [0.2, 0.25) is 5.91 Å². The fourth-order valence-corrected chi connectivity index (χ4v) is 1.86. The summed E-state index contributed by atoms with van der Waals surface area (Å²) >= 11 is 0. The van der Waals surface area contributed by atoms with Crippen LogP contribution >= 0.6 is 0 Å². The molecule has 4 N–H and O–H groups in total. The molecule has 7 heteroatoms. The van der Waals surface area contributed by atoms with Crippen LogP contribution in [0.5, 0.6) is 0 Å². The Kier molecular flexibility index (Phi) is 6.26. The van der Waals surface area contributed by atoms with E-state index in [1.807, 2.05) is 0 Å². The number of hydrogen-bond donors (Lipinski definition) is 4. The van der Waals surface area contributed by atoms with Crippen LogP contribution in [0.3, 0.4) is 0 Å². The van der Waals surface area contributed by atoms with Crippen LogP contribution in [0.25, 0.3) is 0 Å². The molecule has 1 aromatic rings. The zero-order chi connectivity index (χ0) is 16.0. The standard InChI is InChI=1S/C14H18FNO5/c1-8(17)16-5-4-12(18)14(21)10-3-2-9(6-11(10)15)7-13(19)20/h2-3,6,12,14,18,21H,4-5,7H2,1H3,(H,16,17)(H,19,20). The fourth-order valence-electron chi connectivity index (χ4n) is 1.86. The summed E-state index contributed by atoms with van der Waals surface area (Å²) in [4.78, 5) is 21.2. The van der Waals surface area contributed by atoms with Gasteiger partial charge in [-0.05, 0) is 18.1 Å². The third-order valence-corrected chi connectivity index (χ3v) is 2.92. The number of hydrogen-bond acceptors (Lipinski definition) is 4. The topological polar surface area (TPSA) is 107 Å². The maximum atomic E-state index is 13.8. The van der Waals surface area contributed by atoms with Gasteiger partial charge in [0.05, 0.1) is 12.5 Å². The molecule has 1 aromatic carbocycles. The van der Waals surface area contributed by atoms with E-state index in [2.05, 4.69) is 5.32 Å². The number of carboxylic acids is 1. The van der Waals surface area contributed by atoms with E-state index in [-0.39, 0.29) is 36.4 Å². The van der Waals surface area contributed by atoms with Crippen LogP contribution in [0.2, 0.25) is 0 Å². The van der Waals surface area contributed by atoms with Crippen molar-refractivity contribution in [2.45, 2.75) is 32.0 Å². The molecule has 21 heavy (non-hydrogen) atoms. The molecular weight excluding hydrogens is 281 g/mol. The lowest BCUT2D eigenvalue weighted by Crippen LogP contribution is -2.28. The van der Waals surface area contributed by atoms with Gasteiger partial charge in [-0.1, -0.05) is 12.1 Å². The SMILES string of the molecule is CC(=O)NCCC(O)C(O)c1ccc(CC(=O)O)cc1F. The maximum Gasteiger partial charge on any atom is 0.307 e. The van der Waals surface area contributed by atoms with Gasteiger partial charge in [-0.2, -0.15) is 0 Å². The van der Waals surface area contributed by atoms with Crippen LogP contribution in [0.15, 0.2) is 18.2 Å². The molecule has 6 nitrogen and oxygen atoms in total. The Balaban J connectivity index is 2.70. The highest BCUT2D eigenvalue weighted by molar-refractivity contribution is 5.72. The summed E-state index contributed by atoms with van der Waals surface area (Å²) in [7, 11) is 0. The largest absolute Gasteiger partial charge is 0.481 e. The summed E-state index contributed by atoms with van der Waals surface area (Å²) in [6.07, 6.45) is -2.94. The summed E-state index contributed by atoms with van der Waals surface area (Å²) in [5.41, 5.74) is 0.156. The van der Waals surface area contributed by atoms with Gasteiger partial charge in [0, 0.05) is 19.0 Å². The van der Waals surface area contributed by atoms with E-state index in [4.69, 9.17) is 5.11 Å². The smallest absolute Gasteiger partial charge is 0.307 e. The van der Waals surface area contributed by atoms with E-state index >= 15 is 0 Å². The van der Waals surface area contributed by atoms with Crippen molar-refractivity contribution in [3.8, 4) is 0 Å². The van der Waals surface area contributed by atoms with Crippen LogP contribution in [0, 0.1) is 5.82 Å². The van der Waals surface area contributed by atoms with Crippen molar-refractivity contribution in [1.82, 2.24) is 5.32 Å². The van der Waals surface area contributed by atoms with E-state index in [0.29, 0.717) is 0 Å². The van der Waals surface area contributed by atoms with Crippen molar-refractivity contribution in [2.75, 3.05) is 6.54 Å². The Labute approximate surface area is 121 Å². The van der Waals surface area contributed by atoms with E-state index in [1.165, 1.54) is 19.1 Å². The third-order valence-electron chi connectivity index (χ3n) is 2.92. The first-order valence-corrected chi connectivity index (χ1v) is 6.42. The number of carbonyl (C=O) groups excluding carboxylic acids is 1. The average molecular weight is 299 g/mol. The highest BCUT2D eigenvalue weighted by Gasteiger charge is 2.21. The first-order chi connectivity index (χ1) is 9.81. The van der Waals surface area contributed by atoms with Crippen LogP contribution < -0.4 is 5.32 Å². The van der Waals surface area contributed by atoms with E-state index in [9.17, 15) is 24.2 Å². The van der Waals surface area contributed by atoms with Gasteiger partial charge in [-0.3, -0.25) is 9.59 Å². The number of carbonyl (C=O) groups is 2. The van der Waals surface area contributed by atoms with Crippen molar-refractivity contribution in [1.29, 1.82) is 0 Å². The third kappa shape index (κ3) is 5.49. The van der Waals surface area contributed by atoms with E-state index in [1.54, 1.807) is 0 Å². The van der Waals surface area contributed by atoms with Crippen LogP contribution in [0.1, 0.15) is 30.6 Å². The van der Waals surface area contributed by atoms with Gasteiger partial charge in [-0.25, -0.2) is 4.39 Å². The second-order valence-electron chi connectivity index (χ2n) is 4.71. The molecule has 0 aliphatic heterocycles. The molecule has 1 rings (SSSR count). The number of benzene rings is 1. The normalized spacial score (nSPS) is 13.5. The molecule has 1 amide bonds. The average Bonchev–Trinajstić information content (AvgIpc) is 2.36. The molecule has 0 aliphatic carbocycles. The van der Waals surface area contributed by atoms with Crippen molar-refractivity contribution in [3.63, 3.8) is 0 Å². The number of aliphatic hydroxyl groups excluding tert-OH is 2. The van der Waals surface area contributed by atoms with E-state index < -0.39 is 24.0 Å².